The molecule has 0 bridgehead atoms. The van der Waals surface area contributed by atoms with E-state index in [1.165, 1.54) is 0 Å². The van der Waals surface area contributed by atoms with Gasteiger partial charge in [0.2, 0.25) is 0 Å². The Morgan fingerprint density at radius 2 is 1.96 bits per heavy atom. The molecule has 1 amide bonds. The lowest BCUT2D eigenvalue weighted by Crippen LogP contribution is -2.34. The summed E-state index contributed by atoms with van der Waals surface area (Å²) >= 11 is 0. The molecule has 4 nitrogen and oxygen atoms in total. The van der Waals surface area contributed by atoms with Crippen molar-refractivity contribution in [2.45, 2.75) is 19.9 Å². The summed E-state index contributed by atoms with van der Waals surface area (Å²) in [6.07, 6.45) is 2.80. The number of rotatable bonds is 5. The number of benzene rings is 2. The number of nitriles is 1. The van der Waals surface area contributed by atoms with Crippen LogP contribution in [-0.2, 0) is 11.3 Å². The van der Waals surface area contributed by atoms with Crippen LogP contribution in [0, 0.1) is 11.3 Å². The molecule has 126 valence electrons. The van der Waals surface area contributed by atoms with E-state index in [9.17, 15) is 4.79 Å². The van der Waals surface area contributed by atoms with Crippen molar-refractivity contribution in [2.75, 3.05) is 13.2 Å². The van der Waals surface area contributed by atoms with Gasteiger partial charge in [-0.1, -0.05) is 37.3 Å². The maximum Gasteiger partial charge on any atom is 0.253 e. The monoisotopic (exact) mass is 332 g/mol. The average Bonchev–Trinajstić information content (AvgIpc) is 2.67. The van der Waals surface area contributed by atoms with E-state index < -0.39 is 0 Å². The zero-order chi connectivity index (χ0) is 17.6. The Hall–Kier alpha value is -3.06. The van der Waals surface area contributed by atoms with Gasteiger partial charge in [0.25, 0.3) is 5.91 Å². The molecule has 0 N–H and O–H groups in total. The van der Waals surface area contributed by atoms with E-state index in [-0.39, 0.29) is 5.91 Å². The number of amides is 1. The molecule has 0 unspecified atom stereocenters. The van der Waals surface area contributed by atoms with Gasteiger partial charge in [0.15, 0.2) is 0 Å². The maximum atomic E-state index is 13.0. The Morgan fingerprint density at radius 3 is 2.68 bits per heavy atom. The van der Waals surface area contributed by atoms with Crippen LogP contribution in [0.25, 0.3) is 6.08 Å². The smallest absolute Gasteiger partial charge is 0.253 e. The summed E-state index contributed by atoms with van der Waals surface area (Å²) in [5.41, 5.74) is 3.24. The third-order valence-corrected chi connectivity index (χ3v) is 4.14. The molecular weight excluding hydrogens is 312 g/mol. The van der Waals surface area contributed by atoms with Crippen molar-refractivity contribution in [1.29, 1.82) is 5.26 Å². The number of hydrogen-bond donors (Lipinski definition) is 0. The standard InChI is InChI=1S/C21H20N2O2/c1-2-11-23(14-17-9-7-16(13-22)8-10-17)21(24)19-12-18-5-3-4-6-20(18)25-15-19/h3-10,12H,2,11,14-15H2,1H3. The first-order valence-corrected chi connectivity index (χ1v) is 8.42. The van der Waals surface area contributed by atoms with E-state index in [1.807, 2.05) is 47.4 Å². The number of carbonyl (C=O) groups excluding carboxylic acids is 1. The predicted octanol–water partition coefficient (Wildman–Crippen LogP) is 3.77. The van der Waals surface area contributed by atoms with E-state index in [0.29, 0.717) is 30.8 Å². The van der Waals surface area contributed by atoms with E-state index >= 15 is 0 Å². The summed E-state index contributed by atoms with van der Waals surface area (Å²) in [6.45, 7) is 3.55. The summed E-state index contributed by atoms with van der Waals surface area (Å²) in [7, 11) is 0. The van der Waals surface area contributed by atoms with Gasteiger partial charge < -0.3 is 9.64 Å². The summed E-state index contributed by atoms with van der Waals surface area (Å²) in [5.74, 6) is 0.814. The third kappa shape index (κ3) is 3.89. The lowest BCUT2D eigenvalue weighted by Gasteiger charge is -2.25. The second-order valence-electron chi connectivity index (χ2n) is 6.03. The van der Waals surface area contributed by atoms with E-state index in [2.05, 4.69) is 13.0 Å². The molecule has 0 saturated carbocycles. The first-order chi connectivity index (χ1) is 12.2. The van der Waals surface area contributed by atoms with Gasteiger partial charge in [0.05, 0.1) is 17.2 Å². The number of fused-ring (bicyclic) bond motifs is 1. The molecule has 25 heavy (non-hydrogen) atoms. The second kappa shape index (κ2) is 7.67. The minimum Gasteiger partial charge on any atom is -0.488 e. The second-order valence-corrected chi connectivity index (χ2v) is 6.03. The van der Waals surface area contributed by atoms with Gasteiger partial charge >= 0.3 is 0 Å². The molecule has 1 aliphatic rings. The minimum absolute atomic E-state index is 0.000660. The van der Waals surface area contributed by atoms with Crippen LogP contribution in [0.2, 0.25) is 0 Å². The van der Waals surface area contributed by atoms with Gasteiger partial charge in [0.1, 0.15) is 12.4 Å². The Balaban J connectivity index is 1.79. The lowest BCUT2D eigenvalue weighted by atomic mass is 10.1. The highest BCUT2D eigenvalue weighted by Gasteiger charge is 2.22. The van der Waals surface area contributed by atoms with Gasteiger partial charge in [-0.05, 0) is 36.3 Å². The van der Waals surface area contributed by atoms with Crippen molar-refractivity contribution in [2.24, 2.45) is 0 Å². The number of carbonyl (C=O) groups is 1. The van der Waals surface area contributed by atoms with Gasteiger partial charge in [-0.25, -0.2) is 0 Å². The van der Waals surface area contributed by atoms with Crippen LogP contribution >= 0.6 is 0 Å². The first-order valence-electron chi connectivity index (χ1n) is 8.42. The highest BCUT2D eigenvalue weighted by molar-refractivity contribution is 5.99. The van der Waals surface area contributed by atoms with Crippen LogP contribution in [0.3, 0.4) is 0 Å². The molecule has 3 rings (SSSR count). The Morgan fingerprint density at radius 1 is 1.20 bits per heavy atom. The number of nitrogens with zero attached hydrogens (tertiary/aromatic N) is 2. The molecular formula is C21H20N2O2. The van der Waals surface area contributed by atoms with E-state index in [0.717, 1.165) is 23.3 Å². The maximum absolute atomic E-state index is 13.0. The molecule has 2 aromatic rings. The van der Waals surface area contributed by atoms with Crippen LogP contribution in [0.4, 0.5) is 0 Å². The fourth-order valence-electron chi connectivity index (χ4n) is 2.87. The van der Waals surface area contributed by atoms with Gasteiger partial charge in [-0.2, -0.15) is 5.26 Å². The normalized spacial score (nSPS) is 12.4. The molecule has 0 radical (unpaired) electrons. The number of hydrogen-bond acceptors (Lipinski definition) is 3. The third-order valence-electron chi connectivity index (χ3n) is 4.14. The van der Waals surface area contributed by atoms with Crippen molar-refractivity contribution >= 4 is 12.0 Å². The first kappa shape index (κ1) is 16.8. The molecule has 0 atom stereocenters. The fourth-order valence-corrected chi connectivity index (χ4v) is 2.87. The topological polar surface area (TPSA) is 53.3 Å². The molecule has 4 heteroatoms. The molecule has 1 aliphatic heterocycles. The highest BCUT2D eigenvalue weighted by Crippen LogP contribution is 2.26. The van der Waals surface area contributed by atoms with Crippen LogP contribution in [0.1, 0.15) is 30.0 Å². The largest absolute Gasteiger partial charge is 0.488 e. The summed E-state index contributed by atoms with van der Waals surface area (Å²) in [6, 6.07) is 17.2. The SMILES string of the molecule is CCCN(Cc1ccc(C#N)cc1)C(=O)C1=Cc2ccccc2OC1. The number of ether oxygens (including phenoxy) is 1. The molecule has 1 heterocycles. The van der Waals surface area contributed by atoms with Gasteiger partial charge in [-0.15, -0.1) is 0 Å². The average molecular weight is 332 g/mol. The van der Waals surface area contributed by atoms with E-state index in [4.69, 9.17) is 10.00 Å². The molecule has 0 saturated heterocycles. The summed E-state index contributed by atoms with van der Waals surface area (Å²) in [5, 5.41) is 8.90. The van der Waals surface area contributed by atoms with Crippen LogP contribution in [-0.4, -0.2) is 24.0 Å². The zero-order valence-corrected chi connectivity index (χ0v) is 14.2. The highest BCUT2D eigenvalue weighted by atomic mass is 16.5. The zero-order valence-electron chi connectivity index (χ0n) is 14.2. The summed E-state index contributed by atoms with van der Waals surface area (Å²) in [4.78, 5) is 14.8. The van der Waals surface area contributed by atoms with Crippen LogP contribution < -0.4 is 4.74 Å². The molecule has 0 fully saturated rings. The predicted molar refractivity (Wildman–Crippen MR) is 96.8 cm³/mol. The van der Waals surface area contributed by atoms with Gasteiger partial charge in [0, 0.05) is 18.7 Å². The Labute approximate surface area is 148 Å². The molecule has 0 aromatic heterocycles. The minimum atomic E-state index is 0.000660. The van der Waals surface area contributed by atoms with Crippen molar-refractivity contribution in [3.8, 4) is 11.8 Å². The molecule has 0 aliphatic carbocycles. The Kier molecular flexibility index (Phi) is 5.15. The van der Waals surface area contributed by atoms with Crippen molar-refractivity contribution in [1.82, 2.24) is 4.90 Å². The van der Waals surface area contributed by atoms with Gasteiger partial charge in [-0.3, -0.25) is 4.79 Å². The van der Waals surface area contributed by atoms with Crippen molar-refractivity contribution in [3.05, 3.63) is 70.8 Å². The van der Waals surface area contributed by atoms with Crippen LogP contribution in [0.15, 0.2) is 54.1 Å². The molecule has 2 aromatic carbocycles. The summed E-state index contributed by atoms with van der Waals surface area (Å²) < 4.78 is 5.71. The molecule has 0 spiro atoms. The fraction of sp³-hybridized carbons (Fsp3) is 0.238. The van der Waals surface area contributed by atoms with Crippen LogP contribution in [0.5, 0.6) is 5.75 Å². The van der Waals surface area contributed by atoms with E-state index in [1.54, 1.807) is 12.1 Å². The number of para-hydroxylation sites is 1. The Bertz CT molecular complexity index is 832. The van der Waals surface area contributed by atoms with Crippen molar-refractivity contribution in [3.63, 3.8) is 0 Å². The lowest BCUT2D eigenvalue weighted by molar-refractivity contribution is -0.128. The quantitative estimate of drug-likeness (QED) is 0.837. The van der Waals surface area contributed by atoms with Crippen molar-refractivity contribution < 1.29 is 9.53 Å².